The normalized spacial score (nSPS) is 10.6. The molecule has 2 N–H and O–H groups in total. The molecule has 0 saturated heterocycles. The molecule has 0 unspecified atom stereocenters. The predicted octanol–water partition coefficient (Wildman–Crippen LogP) is 5.91. The van der Waals surface area contributed by atoms with Crippen LogP contribution in [0.2, 0.25) is 10.0 Å². The van der Waals surface area contributed by atoms with Crippen LogP contribution in [0.3, 0.4) is 0 Å². The Hall–Kier alpha value is -1.96. The fraction of sp³-hybridized carbons (Fsp3) is 0. The van der Waals surface area contributed by atoms with Crippen LogP contribution in [0, 0.1) is 0 Å². The average Bonchev–Trinajstić information content (AvgIpc) is 2.48. The Kier molecular flexibility index (Phi) is 3.87. The van der Waals surface area contributed by atoms with Gasteiger partial charge in [0.25, 0.3) is 0 Å². The zero-order valence-corrected chi connectivity index (χ0v) is 12.7. The van der Waals surface area contributed by atoms with Gasteiger partial charge in [-0.15, -0.1) is 0 Å². The zero-order chi connectivity index (χ0) is 14.8. The Labute approximate surface area is 133 Å². The lowest BCUT2D eigenvalue weighted by Gasteiger charge is -2.08. The van der Waals surface area contributed by atoms with Crippen LogP contribution in [-0.2, 0) is 0 Å². The highest BCUT2D eigenvalue weighted by atomic mass is 35.5. The molecule has 0 aliphatic heterocycles. The highest BCUT2D eigenvalue weighted by Crippen LogP contribution is 2.30. The number of hydrogen-bond donors (Lipinski definition) is 1. The smallest absolute Gasteiger partial charge is 0.0406 e. The Morgan fingerprint density at radius 3 is 1.29 bits per heavy atom. The molecule has 0 saturated carbocycles. The van der Waals surface area contributed by atoms with Crippen LogP contribution in [0.15, 0.2) is 66.7 Å². The number of hydrogen-bond acceptors (Lipinski definition) is 1. The number of anilines is 1. The van der Waals surface area contributed by atoms with Crippen LogP contribution in [0.5, 0.6) is 0 Å². The molecule has 0 aliphatic rings. The lowest BCUT2D eigenvalue weighted by atomic mass is 9.98. The molecule has 0 heterocycles. The van der Waals surface area contributed by atoms with Gasteiger partial charge in [-0.2, -0.15) is 0 Å². The Bertz CT molecular complexity index is 698. The van der Waals surface area contributed by atoms with Crippen molar-refractivity contribution in [3.05, 3.63) is 76.8 Å². The van der Waals surface area contributed by atoms with E-state index >= 15 is 0 Å². The van der Waals surface area contributed by atoms with E-state index in [0.29, 0.717) is 0 Å². The highest BCUT2D eigenvalue weighted by Gasteiger charge is 2.04. The van der Waals surface area contributed by atoms with Crippen LogP contribution in [-0.4, -0.2) is 0 Å². The standard InChI is InChI=1S/C18H13Cl2N/c19-16-5-1-12(2-6-16)14-9-15(11-18(21)10-14)13-3-7-17(20)8-4-13/h1-11H,21H2. The summed E-state index contributed by atoms with van der Waals surface area (Å²) in [6, 6.07) is 21.5. The largest absolute Gasteiger partial charge is 0.399 e. The molecule has 0 aromatic heterocycles. The Morgan fingerprint density at radius 1 is 0.524 bits per heavy atom. The van der Waals surface area contributed by atoms with E-state index in [1.54, 1.807) is 0 Å². The van der Waals surface area contributed by atoms with Gasteiger partial charge in [-0.3, -0.25) is 0 Å². The summed E-state index contributed by atoms with van der Waals surface area (Å²) in [5, 5.41) is 1.45. The van der Waals surface area contributed by atoms with Gasteiger partial charge in [-0.05, 0) is 64.7 Å². The number of nitrogen functional groups attached to an aromatic ring is 1. The van der Waals surface area contributed by atoms with Gasteiger partial charge in [-0.25, -0.2) is 0 Å². The summed E-state index contributed by atoms with van der Waals surface area (Å²) < 4.78 is 0. The van der Waals surface area contributed by atoms with Gasteiger partial charge >= 0.3 is 0 Å². The van der Waals surface area contributed by atoms with Crippen molar-refractivity contribution < 1.29 is 0 Å². The molecule has 0 spiro atoms. The highest BCUT2D eigenvalue weighted by molar-refractivity contribution is 6.30. The minimum atomic E-state index is 0.723. The van der Waals surface area contributed by atoms with E-state index in [1.165, 1.54) is 0 Å². The molecule has 3 rings (SSSR count). The van der Waals surface area contributed by atoms with Gasteiger partial charge in [0.1, 0.15) is 0 Å². The fourth-order valence-corrected chi connectivity index (χ4v) is 2.52. The summed E-state index contributed by atoms with van der Waals surface area (Å²) >= 11 is 11.9. The molecule has 0 fully saturated rings. The molecule has 1 nitrogen and oxygen atoms in total. The summed E-state index contributed by atoms with van der Waals surface area (Å²) in [4.78, 5) is 0. The second kappa shape index (κ2) is 5.80. The van der Waals surface area contributed by atoms with E-state index in [4.69, 9.17) is 28.9 Å². The SMILES string of the molecule is Nc1cc(-c2ccc(Cl)cc2)cc(-c2ccc(Cl)cc2)c1. The monoisotopic (exact) mass is 313 g/mol. The maximum Gasteiger partial charge on any atom is 0.0406 e. The Morgan fingerprint density at radius 2 is 0.905 bits per heavy atom. The van der Waals surface area contributed by atoms with Crippen LogP contribution in [0.4, 0.5) is 5.69 Å². The second-order valence-electron chi connectivity index (χ2n) is 4.86. The zero-order valence-electron chi connectivity index (χ0n) is 11.2. The topological polar surface area (TPSA) is 26.0 Å². The van der Waals surface area contributed by atoms with Crippen LogP contribution < -0.4 is 5.73 Å². The molecule has 3 aromatic rings. The minimum absolute atomic E-state index is 0.723. The number of nitrogens with two attached hydrogens (primary N) is 1. The van der Waals surface area contributed by atoms with Crippen molar-refractivity contribution in [1.82, 2.24) is 0 Å². The first kappa shape index (κ1) is 14.0. The lowest BCUT2D eigenvalue weighted by molar-refractivity contribution is 1.58. The third-order valence-corrected chi connectivity index (χ3v) is 3.81. The van der Waals surface area contributed by atoms with E-state index in [1.807, 2.05) is 60.7 Å². The molecular formula is C18H13Cl2N. The molecule has 0 aliphatic carbocycles. The average molecular weight is 314 g/mol. The van der Waals surface area contributed by atoms with Crippen molar-refractivity contribution in [1.29, 1.82) is 0 Å². The van der Waals surface area contributed by atoms with Gasteiger partial charge in [0.05, 0.1) is 0 Å². The number of rotatable bonds is 2. The summed E-state index contributed by atoms with van der Waals surface area (Å²) in [6.07, 6.45) is 0. The van der Waals surface area contributed by atoms with E-state index in [-0.39, 0.29) is 0 Å². The molecule has 3 aromatic carbocycles. The van der Waals surface area contributed by atoms with E-state index in [9.17, 15) is 0 Å². The second-order valence-corrected chi connectivity index (χ2v) is 5.73. The molecule has 0 amide bonds. The van der Waals surface area contributed by atoms with Gasteiger partial charge in [-0.1, -0.05) is 47.5 Å². The van der Waals surface area contributed by atoms with Gasteiger partial charge in [0, 0.05) is 15.7 Å². The molecule has 3 heteroatoms. The van der Waals surface area contributed by atoms with E-state index in [0.717, 1.165) is 38.0 Å². The quantitative estimate of drug-likeness (QED) is 0.585. The molecule has 0 bridgehead atoms. The molecule has 104 valence electrons. The third kappa shape index (κ3) is 3.21. The van der Waals surface area contributed by atoms with Crippen molar-refractivity contribution in [2.75, 3.05) is 5.73 Å². The molecule has 21 heavy (non-hydrogen) atoms. The maximum absolute atomic E-state index is 6.04. The van der Waals surface area contributed by atoms with Crippen molar-refractivity contribution in [3.63, 3.8) is 0 Å². The van der Waals surface area contributed by atoms with Gasteiger partial charge in [0.2, 0.25) is 0 Å². The first-order chi connectivity index (χ1) is 10.1. The van der Waals surface area contributed by atoms with Gasteiger partial charge in [0.15, 0.2) is 0 Å². The van der Waals surface area contributed by atoms with E-state index < -0.39 is 0 Å². The minimum Gasteiger partial charge on any atom is -0.399 e. The van der Waals surface area contributed by atoms with Crippen LogP contribution >= 0.6 is 23.2 Å². The summed E-state index contributed by atoms with van der Waals surface area (Å²) in [7, 11) is 0. The van der Waals surface area contributed by atoms with Gasteiger partial charge < -0.3 is 5.73 Å². The van der Waals surface area contributed by atoms with Crippen LogP contribution in [0.25, 0.3) is 22.3 Å². The van der Waals surface area contributed by atoms with Crippen molar-refractivity contribution in [2.24, 2.45) is 0 Å². The van der Waals surface area contributed by atoms with Crippen molar-refractivity contribution >= 4 is 28.9 Å². The first-order valence-corrected chi connectivity index (χ1v) is 7.30. The summed E-state index contributed by atoms with van der Waals surface area (Å²) in [6.45, 7) is 0. The fourth-order valence-electron chi connectivity index (χ4n) is 2.27. The third-order valence-electron chi connectivity index (χ3n) is 3.31. The number of benzene rings is 3. The number of halogens is 2. The van der Waals surface area contributed by atoms with Crippen molar-refractivity contribution in [2.45, 2.75) is 0 Å². The molecule has 0 radical (unpaired) electrons. The Balaban J connectivity index is 2.07. The molecular weight excluding hydrogens is 301 g/mol. The predicted molar refractivity (Wildman–Crippen MR) is 91.7 cm³/mol. The maximum atomic E-state index is 6.04. The van der Waals surface area contributed by atoms with Crippen molar-refractivity contribution in [3.8, 4) is 22.3 Å². The first-order valence-electron chi connectivity index (χ1n) is 6.54. The molecule has 0 atom stereocenters. The van der Waals surface area contributed by atoms with Crippen LogP contribution in [0.1, 0.15) is 0 Å². The van der Waals surface area contributed by atoms with E-state index in [2.05, 4.69) is 6.07 Å². The summed E-state index contributed by atoms with van der Waals surface area (Å²) in [5.74, 6) is 0. The summed E-state index contributed by atoms with van der Waals surface area (Å²) in [5.41, 5.74) is 11.1. The lowest BCUT2D eigenvalue weighted by Crippen LogP contribution is -1.88.